The molecule has 1 heterocycles. The van der Waals surface area contributed by atoms with Gasteiger partial charge in [-0.2, -0.15) is 0 Å². The Balaban J connectivity index is 1.82. The molecule has 0 bridgehead atoms. The standard InChI is InChI=1S/C15H17BrN2O2S/c1-14(2,3)20-13(19)18-15(6-7-15)12-17-10-5-4-9(16)8-11(10)21-12/h4-5,8H,6-7H2,1-3H3,(H,18,19). The fourth-order valence-corrected chi connectivity index (χ4v) is 3.84. The minimum Gasteiger partial charge on any atom is -0.444 e. The molecule has 1 aromatic carbocycles. The number of carbonyl (C=O) groups excluding carboxylic acids is 1. The van der Waals surface area contributed by atoms with Gasteiger partial charge in [0.05, 0.1) is 15.8 Å². The first-order chi connectivity index (χ1) is 9.77. The van der Waals surface area contributed by atoms with E-state index in [0.29, 0.717) is 0 Å². The average Bonchev–Trinajstić information content (AvgIpc) is 2.98. The van der Waals surface area contributed by atoms with Gasteiger partial charge >= 0.3 is 6.09 Å². The average molecular weight is 369 g/mol. The lowest BCUT2D eigenvalue weighted by molar-refractivity contribution is 0.0495. The number of amides is 1. The number of thiazole rings is 1. The number of nitrogens with one attached hydrogen (secondary N) is 1. The van der Waals surface area contributed by atoms with Crippen LogP contribution < -0.4 is 5.32 Å². The Morgan fingerprint density at radius 1 is 1.43 bits per heavy atom. The highest BCUT2D eigenvalue weighted by Gasteiger charge is 2.49. The second-order valence-corrected chi connectivity index (χ2v) is 8.29. The highest BCUT2D eigenvalue weighted by Crippen LogP contribution is 2.48. The Bertz CT molecular complexity index is 701. The first-order valence-corrected chi connectivity index (χ1v) is 8.46. The number of carbonyl (C=O) groups is 1. The zero-order valence-corrected chi connectivity index (χ0v) is 14.6. The summed E-state index contributed by atoms with van der Waals surface area (Å²) in [6.07, 6.45) is 1.45. The van der Waals surface area contributed by atoms with E-state index in [1.165, 1.54) is 0 Å². The van der Waals surface area contributed by atoms with E-state index in [1.54, 1.807) is 11.3 Å². The van der Waals surface area contributed by atoms with Crippen molar-refractivity contribution in [1.82, 2.24) is 10.3 Å². The van der Waals surface area contributed by atoms with Crippen molar-refractivity contribution >= 4 is 43.6 Å². The van der Waals surface area contributed by atoms with E-state index in [0.717, 1.165) is 32.5 Å². The molecule has 1 amide bonds. The molecule has 0 saturated heterocycles. The normalized spacial score (nSPS) is 16.8. The third-order valence-corrected chi connectivity index (χ3v) is 4.97. The van der Waals surface area contributed by atoms with E-state index in [4.69, 9.17) is 4.74 Å². The molecule has 1 saturated carbocycles. The van der Waals surface area contributed by atoms with Crippen LogP contribution in [0.15, 0.2) is 22.7 Å². The van der Waals surface area contributed by atoms with Crippen LogP contribution in [0.5, 0.6) is 0 Å². The van der Waals surface area contributed by atoms with Crippen LogP contribution >= 0.6 is 27.3 Å². The van der Waals surface area contributed by atoms with E-state index in [-0.39, 0.29) is 11.6 Å². The second-order valence-electron chi connectivity index (χ2n) is 6.34. The predicted molar refractivity (Wildman–Crippen MR) is 87.6 cm³/mol. The molecule has 1 N–H and O–H groups in total. The lowest BCUT2D eigenvalue weighted by Gasteiger charge is -2.22. The molecule has 1 aliphatic carbocycles. The van der Waals surface area contributed by atoms with Crippen LogP contribution in [0, 0.1) is 0 Å². The maximum Gasteiger partial charge on any atom is 0.408 e. The molecule has 0 spiro atoms. The van der Waals surface area contributed by atoms with E-state index in [1.807, 2.05) is 32.9 Å². The molecule has 1 aliphatic rings. The monoisotopic (exact) mass is 368 g/mol. The largest absolute Gasteiger partial charge is 0.444 e. The third kappa shape index (κ3) is 3.21. The summed E-state index contributed by atoms with van der Waals surface area (Å²) in [6, 6.07) is 6.02. The molecule has 0 unspecified atom stereocenters. The van der Waals surface area contributed by atoms with Gasteiger partial charge in [-0.25, -0.2) is 9.78 Å². The Morgan fingerprint density at radius 3 is 2.76 bits per heavy atom. The fourth-order valence-electron chi connectivity index (χ4n) is 2.12. The van der Waals surface area contributed by atoms with Gasteiger partial charge < -0.3 is 10.1 Å². The number of ether oxygens (including phenoxy) is 1. The van der Waals surface area contributed by atoms with E-state index in [2.05, 4.69) is 32.3 Å². The molecule has 2 aromatic rings. The van der Waals surface area contributed by atoms with E-state index >= 15 is 0 Å². The fraction of sp³-hybridized carbons (Fsp3) is 0.467. The van der Waals surface area contributed by atoms with Crippen LogP contribution in [0.3, 0.4) is 0 Å². The minimum absolute atomic E-state index is 0.335. The van der Waals surface area contributed by atoms with Gasteiger partial charge in [-0.15, -0.1) is 11.3 Å². The molecule has 0 aliphatic heterocycles. The molecule has 1 fully saturated rings. The van der Waals surface area contributed by atoms with Crippen LogP contribution in [0.4, 0.5) is 4.79 Å². The minimum atomic E-state index is -0.487. The van der Waals surface area contributed by atoms with Crippen molar-refractivity contribution in [3.63, 3.8) is 0 Å². The van der Waals surface area contributed by atoms with Gasteiger partial charge in [0, 0.05) is 4.47 Å². The van der Waals surface area contributed by atoms with Crippen LogP contribution in [-0.4, -0.2) is 16.7 Å². The lowest BCUT2D eigenvalue weighted by atomic mass is 10.2. The highest BCUT2D eigenvalue weighted by molar-refractivity contribution is 9.10. The molecule has 0 atom stereocenters. The molecular formula is C15H17BrN2O2S. The number of nitrogens with zero attached hydrogens (tertiary/aromatic N) is 1. The molecule has 4 nitrogen and oxygen atoms in total. The summed E-state index contributed by atoms with van der Waals surface area (Å²) < 4.78 is 7.51. The summed E-state index contributed by atoms with van der Waals surface area (Å²) in [4.78, 5) is 16.7. The van der Waals surface area contributed by atoms with Crippen molar-refractivity contribution in [3.05, 3.63) is 27.7 Å². The SMILES string of the molecule is CC(C)(C)OC(=O)NC1(c2nc3ccc(Br)cc3s2)CC1. The van der Waals surface area contributed by atoms with Crippen LogP contribution in [-0.2, 0) is 10.3 Å². The molecular weight excluding hydrogens is 352 g/mol. The maximum absolute atomic E-state index is 12.0. The molecule has 112 valence electrons. The summed E-state index contributed by atoms with van der Waals surface area (Å²) >= 11 is 5.10. The Morgan fingerprint density at radius 2 is 2.14 bits per heavy atom. The quantitative estimate of drug-likeness (QED) is 0.844. The Kier molecular flexibility index (Phi) is 3.48. The summed E-state index contributed by atoms with van der Waals surface area (Å²) in [7, 11) is 0. The van der Waals surface area contributed by atoms with Gasteiger partial charge in [-0.1, -0.05) is 15.9 Å². The summed E-state index contributed by atoms with van der Waals surface area (Å²) in [5, 5.41) is 3.95. The van der Waals surface area contributed by atoms with Crippen molar-refractivity contribution in [3.8, 4) is 0 Å². The number of halogens is 1. The second kappa shape index (κ2) is 4.95. The highest BCUT2D eigenvalue weighted by atomic mass is 79.9. The molecule has 0 radical (unpaired) electrons. The van der Waals surface area contributed by atoms with Crippen LogP contribution in [0.1, 0.15) is 38.6 Å². The molecule has 6 heteroatoms. The maximum atomic E-state index is 12.0. The molecule has 3 rings (SSSR count). The Labute approximate surface area is 136 Å². The van der Waals surface area contributed by atoms with Gasteiger partial charge in [0.15, 0.2) is 0 Å². The molecule has 21 heavy (non-hydrogen) atoms. The number of alkyl carbamates (subject to hydrolysis) is 1. The summed E-state index contributed by atoms with van der Waals surface area (Å²) in [5.74, 6) is 0. The zero-order valence-electron chi connectivity index (χ0n) is 12.2. The number of benzene rings is 1. The predicted octanol–water partition coefficient (Wildman–Crippen LogP) is 4.57. The third-order valence-electron chi connectivity index (χ3n) is 3.25. The molecule has 1 aromatic heterocycles. The van der Waals surface area contributed by atoms with E-state index in [9.17, 15) is 4.79 Å². The van der Waals surface area contributed by atoms with Gasteiger partial charge in [0.2, 0.25) is 0 Å². The van der Waals surface area contributed by atoms with Gasteiger partial charge in [0.25, 0.3) is 0 Å². The first kappa shape index (κ1) is 14.8. The lowest BCUT2D eigenvalue weighted by Crippen LogP contribution is -2.39. The summed E-state index contributed by atoms with van der Waals surface area (Å²) in [5.41, 5.74) is 0.146. The van der Waals surface area contributed by atoms with Gasteiger partial charge in [-0.05, 0) is 51.8 Å². The number of hydrogen-bond donors (Lipinski definition) is 1. The van der Waals surface area contributed by atoms with Crippen LogP contribution in [0.2, 0.25) is 0 Å². The smallest absolute Gasteiger partial charge is 0.408 e. The summed E-state index contributed by atoms with van der Waals surface area (Å²) in [6.45, 7) is 5.59. The zero-order chi connectivity index (χ0) is 15.3. The number of aromatic nitrogens is 1. The van der Waals surface area contributed by atoms with Crippen molar-refractivity contribution in [2.45, 2.75) is 44.8 Å². The van der Waals surface area contributed by atoms with Crippen LogP contribution in [0.25, 0.3) is 10.2 Å². The Hall–Kier alpha value is -1.14. The van der Waals surface area contributed by atoms with Crippen molar-refractivity contribution in [2.24, 2.45) is 0 Å². The number of hydrogen-bond acceptors (Lipinski definition) is 4. The van der Waals surface area contributed by atoms with Gasteiger partial charge in [0.1, 0.15) is 10.6 Å². The van der Waals surface area contributed by atoms with Crippen molar-refractivity contribution in [2.75, 3.05) is 0 Å². The van der Waals surface area contributed by atoms with Gasteiger partial charge in [-0.3, -0.25) is 0 Å². The number of fused-ring (bicyclic) bond motifs is 1. The van der Waals surface area contributed by atoms with Crippen molar-refractivity contribution in [1.29, 1.82) is 0 Å². The van der Waals surface area contributed by atoms with E-state index < -0.39 is 5.60 Å². The topological polar surface area (TPSA) is 51.2 Å². The van der Waals surface area contributed by atoms with Crippen molar-refractivity contribution < 1.29 is 9.53 Å². The number of rotatable bonds is 2. The first-order valence-electron chi connectivity index (χ1n) is 6.85.